The predicted molar refractivity (Wildman–Crippen MR) is 139 cm³/mol. The highest BCUT2D eigenvalue weighted by atomic mass is 16.7. The van der Waals surface area contributed by atoms with Crippen LogP contribution >= 0.6 is 0 Å². The quantitative estimate of drug-likeness (QED) is 0.327. The van der Waals surface area contributed by atoms with Gasteiger partial charge in [0, 0.05) is 12.3 Å². The van der Waals surface area contributed by atoms with Crippen molar-refractivity contribution in [3.05, 3.63) is 66.4 Å². The lowest BCUT2D eigenvalue weighted by molar-refractivity contribution is 0.0206. The Morgan fingerprint density at radius 1 is 1.18 bits per heavy atom. The minimum atomic E-state index is -0.798. The van der Waals surface area contributed by atoms with E-state index in [0.29, 0.717) is 12.2 Å². The minimum Gasteiger partial charge on any atom is -0.504 e. The molecule has 1 atom stereocenters. The van der Waals surface area contributed by atoms with E-state index in [1.165, 1.54) is 30.2 Å². The number of anilines is 1. The van der Waals surface area contributed by atoms with Crippen molar-refractivity contribution >= 4 is 29.4 Å². The van der Waals surface area contributed by atoms with Gasteiger partial charge in [0.1, 0.15) is 18.0 Å². The molecule has 2 aliphatic heterocycles. The average Bonchev–Trinajstić information content (AvgIpc) is 3.24. The Labute approximate surface area is 220 Å². The maximum atomic E-state index is 13.6. The summed E-state index contributed by atoms with van der Waals surface area (Å²) in [5.41, 5.74) is 1.44. The minimum absolute atomic E-state index is 0.00363. The monoisotopic (exact) mass is 522 g/mol. The van der Waals surface area contributed by atoms with Crippen LogP contribution in [0.5, 0.6) is 17.2 Å². The van der Waals surface area contributed by atoms with Crippen molar-refractivity contribution in [1.82, 2.24) is 4.90 Å². The second-order valence-corrected chi connectivity index (χ2v) is 9.83. The van der Waals surface area contributed by atoms with Gasteiger partial charge in [0.15, 0.2) is 11.5 Å². The maximum Gasteiger partial charge on any atom is 0.514 e. The number of benzene rings is 2. The van der Waals surface area contributed by atoms with Gasteiger partial charge in [-0.2, -0.15) is 0 Å². The van der Waals surface area contributed by atoms with Crippen LogP contribution in [0.2, 0.25) is 0 Å². The lowest BCUT2D eigenvalue weighted by Crippen LogP contribution is -2.41. The summed E-state index contributed by atoms with van der Waals surface area (Å²) in [6.45, 7) is 8.95. The molecule has 2 aliphatic rings. The molecule has 2 aromatic rings. The molecule has 0 radical (unpaired) electrons. The number of hydrogen-bond acceptors (Lipinski definition) is 8. The Hall–Kier alpha value is -4.47. The van der Waals surface area contributed by atoms with Gasteiger partial charge in [-0.15, -0.1) is 0 Å². The highest BCUT2D eigenvalue weighted by Crippen LogP contribution is 2.41. The number of fused-ring (bicyclic) bond motifs is 2. The van der Waals surface area contributed by atoms with Crippen molar-refractivity contribution in [2.45, 2.75) is 38.8 Å². The molecule has 200 valence electrons. The standard InChI is InChI=1S/C28H30N2O8/c1-6-11-36-26(33)30-16-19-12-18(17-7-9-20(10-8-17)37-27(34)38-28(2,3)4)15-29(19)25(32)21-13-24(35-5)23(31)14-22(21)30/h6-10,13-15,19,31H,1,11-12,16H2,2-5H3/t19-/m0/s1. The van der Waals surface area contributed by atoms with Gasteiger partial charge in [-0.25, -0.2) is 9.59 Å². The number of amides is 2. The number of methoxy groups -OCH3 is 1. The average molecular weight is 523 g/mol. The Morgan fingerprint density at radius 2 is 1.89 bits per heavy atom. The molecule has 0 bridgehead atoms. The SMILES string of the molecule is C=CCOC(=O)N1C[C@@H]2CC(c3ccc(OC(=O)OC(C)(C)C)cc3)=CN2C(=O)c2cc(OC)c(O)cc21. The number of aromatic hydroxyl groups is 1. The van der Waals surface area contributed by atoms with E-state index in [1.54, 1.807) is 56.1 Å². The molecule has 0 fully saturated rings. The molecule has 0 spiro atoms. The predicted octanol–water partition coefficient (Wildman–Crippen LogP) is 5.11. The Bertz CT molecular complexity index is 1290. The summed E-state index contributed by atoms with van der Waals surface area (Å²) in [5, 5.41) is 10.4. The fourth-order valence-corrected chi connectivity index (χ4v) is 4.30. The van der Waals surface area contributed by atoms with E-state index >= 15 is 0 Å². The van der Waals surface area contributed by atoms with Crippen molar-refractivity contribution in [3.63, 3.8) is 0 Å². The summed E-state index contributed by atoms with van der Waals surface area (Å²) in [7, 11) is 1.38. The van der Waals surface area contributed by atoms with Crippen molar-refractivity contribution in [2.75, 3.05) is 25.2 Å². The van der Waals surface area contributed by atoms with Crippen LogP contribution in [-0.4, -0.2) is 60.1 Å². The van der Waals surface area contributed by atoms with Gasteiger partial charge in [-0.3, -0.25) is 9.69 Å². The normalized spacial score (nSPS) is 16.6. The Balaban J connectivity index is 1.61. The first kappa shape index (κ1) is 26.6. The molecule has 0 saturated carbocycles. The van der Waals surface area contributed by atoms with Gasteiger partial charge in [-0.05, 0) is 56.5 Å². The van der Waals surface area contributed by atoms with Crippen molar-refractivity contribution in [3.8, 4) is 17.2 Å². The lowest BCUT2D eigenvalue weighted by atomic mass is 10.0. The van der Waals surface area contributed by atoms with Crippen LogP contribution in [0, 0.1) is 0 Å². The molecule has 0 aromatic heterocycles. The molecule has 0 unspecified atom stereocenters. The first-order valence-electron chi connectivity index (χ1n) is 12.0. The van der Waals surface area contributed by atoms with E-state index < -0.39 is 17.8 Å². The van der Waals surface area contributed by atoms with E-state index in [9.17, 15) is 19.5 Å². The first-order chi connectivity index (χ1) is 18.0. The first-order valence-corrected chi connectivity index (χ1v) is 12.0. The van der Waals surface area contributed by atoms with Crippen molar-refractivity contribution in [2.24, 2.45) is 0 Å². The number of carbonyl (C=O) groups excluding carboxylic acids is 3. The second-order valence-electron chi connectivity index (χ2n) is 9.83. The Morgan fingerprint density at radius 3 is 2.53 bits per heavy atom. The largest absolute Gasteiger partial charge is 0.514 e. The van der Waals surface area contributed by atoms with Crippen LogP contribution in [0.4, 0.5) is 15.3 Å². The third kappa shape index (κ3) is 5.59. The fourth-order valence-electron chi connectivity index (χ4n) is 4.30. The molecule has 1 N–H and O–H groups in total. The Kier molecular flexibility index (Phi) is 7.34. The zero-order valence-electron chi connectivity index (χ0n) is 21.7. The highest BCUT2D eigenvalue weighted by molar-refractivity contribution is 6.06. The number of rotatable bonds is 5. The van der Waals surface area contributed by atoms with Crippen molar-refractivity contribution < 1.29 is 38.4 Å². The maximum absolute atomic E-state index is 13.6. The number of phenols is 1. The third-order valence-corrected chi connectivity index (χ3v) is 5.95. The molecule has 4 rings (SSSR count). The lowest BCUT2D eigenvalue weighted by Gasteiger charge is -2.25. The molecular weight excluding hydrogens is 492 g/mol. The number of carbonyl (C=O) groups is 3. The molecule has 0 aliphatic carbocycles. The molecule has 10 heteroatoms. The van der Waals surface area contributed by atoms with Crippen LogP contribution in [0.3, 0.4) is 0 Å². The molecule has 0 saturated heterocycles. The van der Waals surface area contributed by atoms with E-state index in [4.69, 9.17) is 18.9 Å². The summed E-state index contributed by atoms with van der Waals surface area (Å²) in [6, 6.07) is 9.23. The summed E-state index contributed by atoms with van der Waals surface area (Å²) < 4.78 is 20.9. The van der Waals surface area contributed by atoms with Crippen LogP contribution in [0.25, 0.3) is 5.57 Å². The van der Waals surface area contributed by atoms with Gasteiger partial charge >= 0.3 is 12.2 Å². The molecule has 2 heterocycles. The van der Waals surface area contributed by atoms with Gasteiger partial charge in [0.25, 0.3) is 5.91 Å². The van der Waals surface area contributed by atoms with Crippen LogP contribution in [0.1, 0.15) is 43.1 Å². The zero-order valence-corrected chi connectivity index (χ0v) is 21.7. The number of ether oxygens (including phenoxy) is 4. The smallest absolute Gasteiger partial charge is 0.504 e. The van der Waals surface area contributed by atoms with E-state index in [1.807, 2.05) is 0 Å². The topological polar surface area (TPSA) is 115 Å². The van der Waals surface area contributed by atoms with Crippen molar-refractivity contribution in [1.29, 1.82) is 0 Å². The van der Waals surface area contributed by atoms with Gasteiger partial charge in [0.2, 0.25) is 0 Å². The van der Waals surface area contributed by atoms with Gasteiger partial charge < -0.3 is 29.0 Å². The van der Waals surface area contributed by atoms with E-state index in [2.05, 4.69) is 6.58 Å². The van der Waals surface area contributed by atoms with Crippen LogP contribution in [0.15, 0.2) is 55.3 Å². The summed E-state index contributed by atoms with van der Waals surface area (Å²) in [5.74, 6) is -0.113. The van der Waals surface area contributed by atoms with Crippen LogP contribution < -0.4 is 14.4 Å². The molecule has 38 heavy (non-hydrogen) atoms. The summed E-state index contributed by atoms with van der Waals surface area (Å²) in [6.07, 6.45) is 2.19. The number of nitrogens with zero attached hydrogens (tertiary/aromatic N) is 2. The van der Waals surface area contributed by atoms with E-state index in [0.717, 1.165) is 11.1 Å². The zero-order chi connectivity index (χ0) is 27.6. The fraction of sp³-hybridized carbons (Fsp3) is 0.321. The molecule has 2 aromatic carbocycles. The van der Waals surface area contributed by atoms with Gasteiger partial charge in [0.05, 0.1) is 30.9 Å². The van der Waals surface area contributed by atoms with E-state index in [-0.39, 0.29) is 47.9 Å². The van der Waals surface area contributed by atoms with Gasteiger partial charge in [-0.1, -0.05) is 24.8 Å². The summed E-state index contributed by atoms with van der Waals surface area (Å²) in [4.78, 5) is 41.4. The summed E-state index contributed by atoms with van der Waals surface area (Å²) >= 11 is 0. The molecular formula is C28H30N2O8. The number of hydrogen-bond donors (Lipinski definition) is 1. The third-order valence-electron chi connectivity index (χ3n) is 5.95. The highest BCUT2D eigenvalue weighted by Gasteiger charge is 2.39. The number of phenolic OH excluding ortho intramolecular Hbond substituents is 1. The molecule has 2 amide bonds. The van der Waals surface area contributed by atoms with Crippen LogP contribution in [-0.2, 0) is 9.47 Å². The molecule has 10 nitrogen and oxygen atoms in total. The second kappa shape index (κ2) is 10.5.